The number of nitrogens with zero attached hydrogens (tertiary/aromatic N) is 2. The van der Waals surface area contributed by atoms with Crippen LogP contribution in [0.15, 0.2) is 60.2 Å². The van der Waals surface area contributed by atoms with E-state index in [1.165, 1.54) is 6.92 Å². The number of hydrogen-bond donors (Lipinski definition) is 0. The van der Waals surface area contributed by atoms with E-state index >= 15 is 0 Å². The molecule has 168 valence electrons. The molecule has 1 aromatic carbocycles. The van der Waals surface area contributed by atoms with Gasteiger partial charge in [0.05, 0.1) is 32.3 Å². The number of amides is 2. The summed E-state index contributed by atoms with van der Waals surface area (Å²) in [6.45, 7) is 8.78. The quantitative estimate of drug-likeness (QED) is 0.510. The lowest BCUT2D eigenvalue weighted by molar-refractivity contribution is -0.171. The van der Waals surface area contributed by atoms with Crippen molar-refractivity contribution < 1.29 is 19.1 Å². The Kier molecular flexibility index (Phi) is 7.55. The van der Waals surface area contributed by atoms with Gasteiger partial charge in [0, 0.05) is 37.6 Å². The molecule has 2 fully saturated rings. The van der Waals surface area contributed by atoms with Crippen molar-refractivity contribution in [3.63, 3.8) is 0 Å². The zero-order valence-electron chi connectivity index (χ0n) is 19.1. The maximum absolute atomic E-state index is 12.6. The van der Waals surface area contributed by atoms with Crippen LogP contribution in [0.4, 0.5) is 0 Å². The summed E-state index contributed by atoms with van der Waals surface area (Å²) < 4.78 is 10.6. The largest absolute Gasteiger partial charge is 0.497 e. The highest BCUT2D eigenvalue weighted by molar-refractivity contribution is 5.86. The first kappa shape index (κ1) is 23.4. The number of allylic oxidation sites excluding steroid dienone is 4. The minimum absolute atomic E-state index is 0.0294. The van der Waals surface area contributed by atoms with Crippen molar-refractivity contribution >= 4 is 11.8 Å². The second-order valence-electron chi connectivity index (χ2n) is 7.95. The zero-order valence-corrected chi connectivity index (χ0v) is 19.1. The van der Waals surface area contributed by atoms with E-state index in [1.54, 1.807) is 19.1 Å². The molecule has 0 N–H and O–H groups in total. The van der Waals surface area contributed by atoms with Crippen LogP contribution in [0, 0.1) is 17.8 Å². The summed E-state index contributed by atoms with van der Waals surface area (Å²) in [5.74, 6) is 7.00. The summed E-state index contributed by atoms with van der Waals surface area (Å²) in [5.41, 5.74) is 2.63. The number of rotatable bonds is 6. The van der Waals surface area contributed by atoms with Crippen LogP contribution in [0.5, 0.6) is 5.75 Å². The average Bonchev–Trinajstić information content (AvgIpc) is 2.77. The molecule has 0 spiro atoms. The molecule has 2 saturated heterocycles. The summed E-state index contributed by atoms with van der Waals surface area (Å²) >= 11 is 0. The Morgan fingerprint density at radius 2 is 2.09 bits per heavy atom. The predicted molar refractivity (Wildman–Crippen MR) is 124 cm³/mol. The first-order valence-electron chi connectivity index (χ1n) is 10.6. The monoisotopic (exact) mass is 434 g/mol. The lowest BCUT2D eigenvalue weighted by atomic mass is 9.73. The van der Waals surface area contributed by atoms with Crippen molar-refractivity contribution in [1.29, 1.82) is 0 Å². The summed E-state index contributed by atoms with van der Waals surface area (Å²) in [4.78, 5) is 27.9. The lowest BCUT2D eigenvalue weighted by Gasteiger charge is -2.59. The van der Waals surface area contributed by atoms with Gasteiger partial charge < -0.3 is 19.3 Å². The number of methoxy groups -OCH3 is 2. The van der Waals surface area contributed by atoms with Gasteiger partial charge in [0.25, 0.3) is 0 Å². The van der Waals surface area contributed by atoms with Crippen LogP contribution in [0.25, 0.3) is 0 Å². The molecule has 0 radical (unpaired) electrons. The van der Waals surface area contributed by atoms with Crippen LogP contribution in [0.2, 0.25) is 0 Å². The number of benzene rings is 1. The van der Waals surface area contributed by atoms with Crippen molar-refractivity contribution in [3.8, 4) is 17.6 Å². The van der Waals surface area contributed by atoms with Crippen molar-refractivity contribution in [3.05, 3.63) is 65.8 Å². The van der Waals surface area contributed by atoms with Crippen molar-refractivity contribution in [2.45, 2.75) is 25.9 Å². The molecule has 0 aromatic heterocycles. The van der Waals surface area contributed by atoms with Crippen molar-refractivity contribution in [2.75, 3.05) is 33.9 Å². The average molecular weight is 435 g/mol. The molecular weight excluding hydrogens is 404 g/mol. The molecule has 0 unspecified atom stereocenters. The molecule has 1 aromatic rings. The second-order valence-corrected chi connectivity index (χ2v) is 7.95. The molecule has 6 nitrogen and oxygen atoms in total. The van der Waals surface area contributed by atoms with Gasteiger partial charge >= 0.3 is 0 Å². The SMILES string of the molecule is C=C(/C=C\C(C#Cc1cccc(OC)c1)=C/C)[C@@H]1[C@H](COC)N2C(=O)CN(C(C)=O)C[C@@H]12. The molecule has 2 aliphatic rings. The normalized spacial score (nSPS) is 22.7. The van der Waals surface area contributed by atoms with Gasteiger partial charge in [0.15, 0.2) is 0 Å². The van der Waals surface area contributed by atoms with E-state index in [1.807, 2.05) is 54.3 Å². The second kappa shape index (κ2) is 10.3. The van der Waals surface area contributed by atoms with Crippen LogP contribution >= 0.6 is 0 Å². The Hall–Kier alpha value is -3.30. The highest BCUT2D eigenvalue weighted by Gasteiger charge is 2.54. The Labute approximate surface area is 190 Å². The molecule has 2 aliphatic heterocycles. The number of ether oxygens (including phenoxy) is 2. The van der Waals surface area contributed by atoms with E-state index < -0.39 is 0 Å². The Morgan fingerprint density at radius 1 is 1.31 bits per heavy atom. The molecule has 2 heterocycles. The molecule has 3 atom stereocenters. The molecular formula is C26H30N2O4. The molecule has 2 amide bonds. The van der Waals surface area contributed by atoms with E-state index in [9.17, 15) is 9.59 Å². The van der Waals surface area contributed by atoms with Crippen LogP contribution in [0.1, 0.15) is 19.4 Å². The van der Waals surface area contributed by atoms with Crippen molar-refractivity contribution in [2.24, 2.45) is 5.92 Å². The van der Waals surface area contributed by atoms with Gasteiger partial charge in [-0.3, -0.25) is 9.59 Å². The number of fused-ring (bicyclic) bond motifs is 1. The van der Waals surface area contributed by atoms with E-state index in [4.69, 9.17) is 9.47 Å². The highest BCUT2D eigenvalue weighted by atomic mass is 16.5. The lowest BCUT2D eigenvalue weighted by Crippen LogP contribution is -2.74. The third-order valence-corrected chi connectivity index (χ3v) is 5.99. The Balaban J connectivity index is 1.74. The number of hydrogen-bond acceptors (Lipinski definition) is 4. The first-order chi connectivity index (χ1) is 15.4. The van der Waals surface area contributed by atoms with Crippen LogP contribution < -0.4 is 4.74 Å². The minimum atomic E-state index is -0.0860. The van der Waals surface area contributed by atoms with E-state index in [0.29, 0.717) is 13.2 Å². The van der Waals surface area contributed by atoms with E-state index in [2.05, 4.69) is 18.4 Å². The molecule has 0 aliphatic carbocycles. The zero-order chi connectivity index (χ0) is 23.3. The van der Waals surface area contributed by atoms with E-state index in [0.717, 1.165) is 22.5 Å². The minimum Gasteiger partial charge on any atom is -0.497 e. The molecule has 3 rings (SSSR count). The van der Waals surface area contributed by atoms with Crippen LogP contribution in [-0.4, -0.2) is 67.6 Å². The Bertz CT molecular complexity index is 1010. The van der Waals surface area contributed by atoms with Gasteiger partial charge in [-0.1, -0.05) is 36.6 Å². The Morgan fingerprint density at radius 3 is 2.75 bits per heavy atom. The topological polar surface area (TPSA) is 59.1 Å². The van der Waals surface area contributed by atoms with Gasteiger partial charge in [-0.15, -0.1) is 0 Å². The summed E-state index contributed by atoms with van der Waals surface area (Å²) in [5, 5.41) is 0. The third-order valence-electron chi connectivity index (χ3n) is 5.99. The number of carbonyl (C=O) groups is 2. The molecule has 6 heteroatoms. The summed E-state index contributed by atoms with van der Waals surface area (Å²) in [6, 6.07) is 7.47. The third kappa shape index (κ3) is 4.95. The highest BCUT2D eigenvalue weighted by Crippen LogP contribution is 2.40. The fraction of sp³-hybridized carbons (Fsp3) is 0.385. The van der Waals surface area contributed by atoms with Gasteiger partial charge in [-0.25, -0.2) is 0 Å². The van der Waals surface area contributed by atoms with Gasteiger partial charge in [0.2, 0.25) is 11.8 Å². The van der Waals surface area contributed by atoms with Gasteiger partial charge in [-0.05, 0) is 36.8 Å². The molecule has 0 saturated carbocycles. The van der Waals surface area contributed by atoms with E-state index in [-0.39, 0.29) is 36.4 Å². The smallest absolute Gasteiger partial charge is 0.242 e. The molecule has 0 bridgehead atoms. The fourth-order valence-corrected chi connectivity index (χ4v) is 4.31. The maximum Gasteiger partial charge on any atom is 0.242 e. The summed E-state index contributed by atoms with van der Waals surface area (Å²) in [6.07, 6.45) is 5.84. The van der Waals surface area contributed by atoms with Gasteiger partial charge in [-0.2, -0.15) is 0 Å². The number of carbonyl (C=O) groups excluding carboxylic acids is 2. The van der Waals surface area contributed by atoms with Crippen molar-refractivity contribution in [1.82, 2.24) is 9.80 Å². The van der Waals surface area contributed by atoms with Crippen LogP contribution in [0.3, 0.4) is 0 Å². The summed E-state index contributed by atoms with van der Waals surface area (Å²) in [7, 11) is 3.26. The standard InChI is InChI=1S/C26H30N2O4/c1-6-20(12-13-21-8-7-9-22(14-21)32-5)11-10-18(2)26-23-15-27(19(3)29)16-25(30)28(23)24(26)17-31-4/h6-11,14,23-24,26H,2,15-17H2,1,3-5H3/b11-10-,20-6+/t23-,24-,26-/m0/s1. The fourth-order valence-electron chi connectivity index (χ4n) is 4.31. The first-order valence-corrected chi connectivity index (χ1v) is 10.6. The number of piperazine rings is 1. The molecule has 32 heavy (non-hydrogen) atoms. The predicted octanol–water partition coefficient (Wildman–Crippen LogP) is 2.81. The maximum atomic E-state index is 12.6. The van der Waals surface area contributed by atoms with Gasteiger partial charge in [0.1, 0.15) is 5.75 Å². The van der Waals surface area contributed by atoms with Crippen LogP contribution in [-0.2, 0) is 14.3 Å².